The molecule has 0 rings (SSSR count). The summed E-state index contributed by atoms with van der Waals surface area (Å²) in [4.78, 5) is 9.17. The van der Waals surface area contributed by atoms with Crippen LogP contribution >= 0.6 is 25.3 Å². The standard InChI is InChI=1S/C2H6O2.CH2OS2/c3-1-2-4;2-1(3)4/h3-4H,1-2H2;(H2,2,3,4). The Labute approximate surface area is 58.5 Å². The molecule has 0 aromatic carbocycles. The second-order valence-corrected chi connectivity index (χ2v) is 1.89. The van der Waals surface area contributed by atoms with Crippen LogP contribution in [-0.2, 0) is 0 Å². The van der Waals surface area contributed by atoms with Gasteiger partial charge in [0.05, 0.1) is 13.2 Å². The second kappa shape index (κ2) is 10.3. The Hall–Kier alpha value is 0.290. The molecule has 0 amide bonds. The Morgan fingerprint density at radius 3 is 1.38 bits per heavy atom. The predicted molar refractivity (Wildman–Crippen MR) is 37.5 cm³/mol. The molecule has 5 heteroatoms. The van der Waals surface area contributed by atoms with Crippen LogP contribution in [0.1, 0.15) is 0 Å². The Bertz CT molecular complexity index is 50.5. The number of aliphatic hydroxyl groups is 2. The van der Waals surface area contributed by atoms with Gasteiger partial charge in [0.2, 0.25) is 4.45 Å². The van der Waals surface area contributed by atoms with E-state index in [4.69, 9.17) is 10.2 Å². The van der Waals surface area contributed by atoms with Crippen molar-refractivity contribution >= 4 is 29.7 Å². The molecule has 0 aromatic heterocycles. The Kier molecular flexibility index (Phi) is 14.3. The maximum absolute atomic E-state index is 9.17. The molecule has 0 spiro atoms. The molecule has 0 fully saturated rings. The summed E-state index contributed by atoms with van der Waals surface area (Å²) >= 11 is 6.38. The summed E-state index contributed by atoms with van der Waals surface area (Å²) < 4.78 is -0.444. The second-order valence-electron chi connectivity index (χ2n) is 0.730. The van der Waals surface area contributed by atoms with E-state index in [0.717, 1.165) is 0 Å². The van der Waals surface area contributed by atoms with Gasteiger partial charge in [-0.15, -0.1) is 0 Å². The summed E-state index contributed by atoms with van der Waals surface area (Å²) in [6.07, 6.45) is 0. The average molecular weight is 156 g/mol. The molecule has 0 radical (unpaired) electrons. The van der Waals surface area contributed by atoms with Gasteiger partial charge in [-0.05, 0) is 0 Å². The first-order chi connectivity index (χ1) is 3.65. The molecular formula is C3H8O3S2. The van der Waals surface area contributed by atoms with Gasteiger partial charge in [0, 0.05) is 0 Å². The summed E-state index contributed by atoms with van der Waals surface area (Å²) in [6, 6.07) is 0. The van der Waals surface area contributed by atoms with Crippen LogP contribution < -0.4 is 0 Å². The highest BCUT2D eigenvalue weighted by Crippen LogP contribution is 1.81. The molecule has 8 heavy (non-hydrogen) atoms. The van der Waals surface area contributed by atoms with Crippen molar-refractivity contribution in [1.82, 2.24) is 0 Å². The molecule has 0 aliphatic heterocycles. The molecule has 0 heterocycles. The molecule has 2 N–H and O–H groups in total. The van der Waals surface area contributed by atoms with Crippen molar-refractivity contribution in [3.05, 3.63) is 0 Å². The van der Waals surface area contributed by atoms with Crippen LogP contribution in [0.2, 0.25) is 0 Å². The van der Waals surface area contributed by atoms with Gasteiger partial charge in [-0.1, -0.05) is 25.3 Å². The van der Waals surface area contributed by atoms with Gasteiger partial charge < -0.3 is 10.2 Å². The highest BCUT2D eigenvalue weighted by molar-refractivity contribution is 8.23. The number of carbonyl (C=O) groups excluding carboxylic acids is 1. The van der Waals surface area contributed by atoms with Crippen LogP contribution in [0.5, 0.6) is 0 Å². The Balaban J connectivity index is 0. The maximum atomic E-state index is 9.17. The maximum Gasteiger partial charge on any atom is 0.239 e. The highest BCUT2D eigenvalue weighted by atomic mass is 32.2. The quantitative estimate of drug-likeness (QED) is 0.402. The van der Waals surface area contributed by atoms with E-state index in [-0.39, 0.29) is 13.2 Å². The smallest absolute Gasteiger partial charge is 0.239 e. The fourth-order valence-corrected chi connectivity index (χ4v) is 0. The van der Waals surface area contributed by atoms with Crippen LogP contribution in [0.15, 0.2) is 0 Å². The summed E-state index contributed by atoms with van der Waals surface area (Å²) in [5.41, 5.74) is 0. The van der Waals surface area contributed by atoms with E-state index in [1.165, 1.54) is 0 Å². The summed E-state index contributed by atoms with van der Waals surface area (Å²) in [6.45, 7) is -0.250. The average Bonchev–Trinajstić information content (AvgIpc) is 1.65. The number of thiol groups is 2. The molecule has 0 saturated carbocycles. The van der Waals surface area contributed by atoms with E-state index < -0.39 is 4.45 Å². The van der Waals surface area contributed by atoms with Crippen molar-refractivity contribution in [2.75, 3.05) is 13.2 Å². The first-order valence-electron chi connectivity index (χ1n) is 1.78. The minimum Gasteiger partial charge on any atom is -0.394 e. The van der Waals surface area contributed by atoms with Gasteiger partial charge in [0.1, 0.15) is 0 Å². The van der Waals surface area contributed by atoms with Gasteiger partial charge in [-0.3, -0.25) is 4.79 Å². The van der Waals surface area contributed by atoms with Gasteiger partial charge >= 0.3 is 0 Å². The van der Waals surface area contributed by atoms with E-state index in [9.17, 15) is 4.79 Å². The fourth-order valence-electron chi connectivity index (χ4n) is 0. The lowest BCUT2D eigenvalue weighted by molar-refractivity contribution is 0.186. The zero-order valence-corrected chi connectivity index (χ0v) is 5.90. The topological polar surface area (TPSA) is 57.5 Å². The van der Waals surface area contributed by atoms with Crippen molar-refractivity contribution in [2.24, 2.45) is 0 Å². The molecule has 0 unspecified atom stereocenters. The lowest BCUT2D eigenvalue weighted by Gasteiger charge is -1.70. The number of carbonyl (C=O) groups is 1. The predicted octanol–water partition coefficient (Wildman–Crippen LogP) is -0.0630. The number of rotatable bonds is 1. The first kappa shape index (κ1) is 11.1. The van der Waals surface area contributed by atoms with Crippen LogP contribution in [0.4, 0.5) is 4.79 Å². The third kappa shape index (κ3) is 106. The molecule has 0 atom stereocenters. The first-order valence-corrected chi connectivity index (χ1v) is 2.68. The van der Waals surface area contributed by atoms with Crippen molar-refractivity contribution in [1.29, 1.82) is 0 Å². The number of hydrogen-bond donors (Lipinski definition) is 4. The van der Waals surface area contributed by atoms with E-state index in [1.54, 1.807) is 0 Å². The minimum absolute atomic E-state index is 0.125. The largest absolute Gasteiger partial charge is 0.394 e. The summed E-state index contributed by atoms with van der Waals surface area (Å²) in [7, 11) is 0. The molecule has 0 aliphatic rings. The highest BCUT2D eigenvalue weighted by Gasteiger charge is 1.65. The monoisotopic (exact) mass is 156 g/mol. The third-order valence-electron chi connectivity index (χ3n) is 0.1000. The molecule has 50 valence electrons. The van der Waals surface area contributed by atoms with Gasteiger partial charge in [0.25, 0.3) is 0 Å². The molecule has 0 aromatic rings. The van der Waals surface area contributed by atoms with E-state index in [1.807, 2.05) is 0 Å². The number of hydrogen-bond acceptors (Lipinski definition) is 3. The Morgan fingerprint density at radius 2 is 1.38 bits per heavy atom. The normalized spacial score (nSPS) is 7.00. The zero-order valence-electron chi connectivity index (χ0n) is 4.11. The van der Waals surface area contributed by atoms with Crippen molar-refractivity contribution in [3.8, 4) is 0 Å². The third-order valence-corrected chi connectivity index (χ3v) is 0.1000. The molecule has 0 bridgehead atoms. The van der Waals surface area contributed by atoms with Crippen LogP contribution in [0.25, 0.3) is 0 Å². The molecule has 0 aliphatic carbocycles. The lowest BCUT2D eigenvalue weighted by Crippen LogP contribution is -1.85. The zero-order chi connectivity index (χ0) is 6.99. The minimum atomic E-state index is -0.444. The lowest BCUT2D eigenvalue weighted by atomic mass is 10.8. The number of aliphatic hydroxyl groups excluding tert-OH is 2. The van der Waals surface area contributed by atoms with Crippen LogP contribution in [0, 0.1) is 0 Å². The van der Waals surface area contributed by atoms with E-state index >= 15 is 0 Å². The van der Waals surface area contributed by atoms with Crippen molar-refractivity contribution in [3.63, 3.8) is 0 Å². The molecule has 0 saturated heterocycles. The van der Waals surface area contributed by atoms with Crippen molar-refractivity contribution < 1.29 is 15.0 Å². The molecular weight excluding hydrogens is 148 g/mol. The van der Waals surface area contributed by atoms with E-state index in [2.05, 4.69) is 25.3 Å². The van der Waals surface area contributed by atoms with Crippen molar-refractivity contribution in [2.45, 2.75) is 0 Å². The van der Waals surface area contributed by atoms with Gasteiger partial charge in [-0.2, -0.15) is 0 Å². The Morgan fingerprint density at radius 1 is 1.25 bits per heavy atom. The summed E-state index contributed by atoms with van der Waals surface area (Å²) in [5.74, 6) is 0. The SMILES string of the molecule is O=C(S)S.OCCO. The van der Waals surface area contributed by atoms with Gasteiger partial charge in [-0.25, -0.2) is 0 Å². The molecule has 3 nitrogen and oxygen atoms in total. The summed E-state index contributed by atoms with van der Waals surface area (Å²) in [5, 5.41) is 15.2. The van der Waals surface area contributed by atoms with Gasteiger partial charge in [0.15, 0.2) is 0 Å². The van der Waals surface area contributed by atoms with Crippen LogP contribution in [-0.4, -0.2) is 27.9 Å². The van der Waals surface area contributed by atoms with E-state index in [0.29, 0.717) is 0 Å². The fraction of sp³-hybridized carbons (Fsp3) is 0.667. The van der Waals surface area contributed by atoms with Crippen LogP contribution in [0.3, 0.4) is 0 Å².